The summed E-state index contributed by atoms with van der Waals surface area (Å²) in [5.41, 5.74) is 8.09. The second-order valence-corrected chi connectivity index (χ2v) is 5.82. The van der Waals surface area contributed by atoms with E-state index in [0.29, 0.717) is 12.6 Å². The van der Waals surface area contributed by atoms with E-state index in [-0.39, 0.29) is 0 Å². The largest absolute Gasteiger partial charge is 0.377 e. The lowest BCUT2D eigenvalue weighted by atomic mass is 10.1. The van der Waals surface area contributed by atoms with Crippen molar-refractivity contribution >= 4 is 15.9 Å². The van der Waals surface area contributed by atoms with Crippen LogP contribution in [0, 0.1) is 0 Å². The summed E-state index contributed by atoms with van der Waals surface area (Å²) in [7, 11) is 2.14. The highest BCUT2D eigenvalue weighted by Crippen LogP contribution is 2.21. The molecule has 1 saturated heterocycles. The van der Waals surface area contributed by atoms with E-state index in [4.69, 9.17) is 10.5 Å². The summed E-state index contributed by atoms with van der Waals surface area (Å²) in [6.45, 7) is 3.45. The van der Waals surface area contributed by atoms with E-state index in [1.807, 2.05) is 0 Å². The predicted octanol–water partition coefficient (Wildman–Crippen LogP) is 2.52. The third kappa shape index (κ3) is 3.79. The quantitative estimate of drug-likeness (QED) is 0.908. The molecule has 0 amide bonds. The van der Waals surface area contributed by atoms with Crippen molar-refractivity contribution in [3.05, 3.63) is 33.8 Å². The lowest BCUT2D eigenvalue weighted by molar-refractivity contribution is 0.0792. The van der Waals surface area contributed by atoms with Gasteiger partial charge in [-0.2, -0.15) is 0 Å². The molecule has 2 N–H and O–H groups in total. The van der Waals surface area contributed by atoms with Gasteiger partial charge in [0.2, 0.25) is 0 Å². The summed E-state index contributed by atoms with van der Waals surface area (Å²) in [6.07, 6.45) is 2.81. The minimum absolute atomic E-state index is 0.414. The fourth-order valence-electron chi connectivity index (χ4n) is 2.34. The van der Waals surface area contributed by atoms with Crippen LogP contribution in [-0.4, -0.2) is 31.2 Å². The zero-order valence-electron chi connectivity index (χ0n) is 10.9. The monoisotopic (exact) mass is 312 g/mol. The van der Waals surface area contributed by atoms with Crippen molar-refractivity contribution in [2.45, 2.75) is 32.0 Å². The molecular formula is C14H21BrN2O. The molecule has 1 unspecified atom stereocenters. The number of rotatable bonds is 5. The molecular weight excluding hydrogens is 292 g/mol. The number of halogens is 1. The van der Waals surface area contributed by atoms with Crippen molar-refractivity contribution in [1.82, 2.24) is 4.90 Å². The van der Waals surface area contributed by atoms with Crippen molar-refractivity contribution in [3.8, 4) is 0 Å². The first-order valence-corrected chi connectivity index (χ1v) is 7.26. The molecule has 0 spiro atoms. The molecule has 18 heavy (non-hydrogen) atoms. The number of hydrogen-bond donors (Lipinski definition) is 1. The van der Waals surface area contributed by atoms with Gasteiger partial charge in [-0.25, -0.2) is 0 Å². The van der Waals surface area contributed by atoms with Crippen LogP contribution in [0.2, 0.25) is 0 Å². The molecule has 0 radical (unpaired) electrons. The fourth-order valence-corrected chi connectivity index (χ4v) is 2.89. The number of benzene rings is 1. The maximum absolute atomic E-state index is 5.66. The molecule has 0 saturated carbocycles. The van der Waals surface area contributed by atoms with Crippen molar-refractivity contribution in [1.29, 1.82) is 0 Å². The fraction of sp³-hybridized carbons (Fsp3) is 0.571. The number of nitrogens with two attached hydrogens (primary N) is 1. The predicted molar refractivity (Wildman–Crippen MR) is 77.3 cm³/mol. The number of ether oxygens (including phenoxy) is 1. The molecule has 0 aliphatic carbocycles. The summed E-state index contributed by atoms with van der Waals surface area (Å²) in [4.78, 5) is 2.32. The second-order valence-electron chi connectivity index (χ2n) is 4.96. The third-order valence-electron chi connectivity index (χ3n) is 3.33. The van der Waals surface area contributed by atoms with Gasteiger partial charge >= 0.3 is 0 Å². The highest BCUT2D eigenvalue weighted by Gasteiger charge is 2.17. The summed E-state index contributed by atoms with van der Waals surface area (Å²) in [6, 6.07) is 6.35. The van der Waals surface area contributed by atoms with Crippen LogP contribution in [-0.2, 0) is 17.8 Å². The molecule has 1 heterocycles. The molecule has 2 rings (SSSR count). The Morgan fingerprint density at radius 1 is 1.50 bits per heavy atom. The van der Waals surface area contributed by atoms with Gasteiger partial charge in [0, 0.05) is 30.7 Å². The topological polar surface area (TPSA) is 38.5 Å². The van der Waals surface area contributed by atoms with E-state index in [2.05, 4.69) is 46.1 Å². The first-order chi connectivity index (χ1) is 8.69. The maximum Gasteiger partial charge on any atom is 0.0702 e. The standard InChI is InChI=1S/C14H21BrN2O/c1-17(10-13-3-2-6-18-13)9-12-5-4-11(8-16)7-14(12)15/h4-5,7,13H,2-3,6,8-10,16H2,1H3. The summed E-state index contributed by atoms with van der Waals surface area (Å²) < 4.78 is 6.80. The van der Waals surface area contributed by atoms with Crippen LogP contribution in [0.3, 0.4) is 0 Å². The zero-order chi connectivity index (χ0) is 13.0. The Morgan fingerprint density at radius 3 is 2.94 bits per heavy atom. The average Bonchev–Trinajstić information content (AvgIpc) is 2.84. The molecule has 1 atom stereocenters. The molecule has 1 fully saturated rings. The van der Waals surface area contributed by atoms with Gasteiger partial charge in [0.1, 0.15) is 0 Å². The van der Waals surface area contributed by atoms with Gasteiger partial charge in [-0.3, -0.25) is 4.90 Å². The van der Waals surface area contributed by atoms with Crippen molar-refractivity contribution in [2.75, 3.05) is 20.2 Å². The molecule has 0 bridgehead atoms. The second kappa shape index (κ2) is 6.66. The molecule has 1 aromatic rings. The smallest absolute Gasteiger partial charge is 0.0702 e. The Kier molecular flexibility index (Phi) is 5.18. The van der Waals surface area contributed by atoms with Crippen molar-refractivity contribution in [2.24, 2.45) is 5.73 Å². The average molecular weight is 313 g/mol. The molecule has 1 aliphatic rings. The van der Waals surface area contributed by atoms with E-state index < -0.39 is 0 Å². The highest BCUT2D eigenvalue weighted by atomic mass is 79.9. The van der Waals surface area contributed by atoms with Gasteiger partial charge in [0.15, 0.2) is 0 Å². The molecule has 100 valence electrons. The van der Waals surface area contributed by atoms with Crippen LogP contribution < -0.4 is 5.73 Å². The van der Waals surface area contributed by atoms with Gasteiger partial charge < -0.3 is 10.5 Å². The Balaban J connectivity index is 1.91. The molecule has 4 heteroatoms. The van der Waals surface area contributed by atoms with Gasteiger partial charge in [-0.05, 0) is 37.1 Å². The van der Waals surface area contributed by atoms with Gasteiger partial charge in [-0.15, -0.1) is 0 Å². The lowest BCUT2D eigenvalue weighted by Crippen LogP contribution is -2.28. The summed E-state index contributed by atoms with van der Waals surface area (Å²) in [5.74, 6) is 0. The first kappa shape index (κ1) is 14.0. The number of hydrogen-bond acceptors (Lipinski definition) is 3. The zero-order valence-corrected chi connectivity index (χ0v) is 12.4. The van der Waals surface area contributed by atoms with Crippen LogP contribution in [0.5, 0.6) is 0 Å². The first-order valence-electron chi connectivity index (χ1n) is 6.46. The van der Waals surface area contributed by atoms with Crippen molar-refractivity contribution < 1.29 is 4.74 Å². The van der Waals surface area contributed by atoms with Crippen LogP contribution >= 0.6 is 15.9 Å². The normalized spacial score (nSPS) is 19.7. The summed E-state index contributed by atoms with van der Waals surface area (Å²) in [5, 5.41) is 0. The van der Waals surface area contributed by atoms with Gasteiger partial charge in [0.05, 0.1) is 6.10 Å². The minimum atomic E-state index is 0.414. The van der Waals surface area contributed by atoms with Gasteiger partial charge in [-0.1, -0.05) is 28.1 Å². The van der Waals surface area contributed by atoms with E-state index in [0.717, 1.165) is 29.7 Å². The SMILES string of the molecule is CN(Cc1ccc(CN)cc1Br)CC1CCCO1. The van der Waals surface area contributed by atoms with E-state index >= 15 is 0 Å². The molecule has 3 nitrogen and oxygen atoms in total. The molecule has 0 aromatic heterocycles. The van der Waals surface area contributed by atoms with Crippen LogP contribution in [0.4, 0.5) is 0 Å². The summed E-state index contributed by atoms with van der Waals surface area (Å²) >= 11 is 3.62. The highest BCUT2D eigenvalue weighted by molar-refractivity contribution is 9.10. The van der Waals surface area contributed by atoms with Crippen molar-refractivity contribution in [3.63, 3.8) is 0 Å². The molecule has 1 aromatic carbocycles. The Morgan fingerprint density at radius 2 is 2.33 bits per heavy atom. The lowest BCUT2D eigenvalue weighted by Gasteiger charge is -2.21. The number of nitrogens with zero attached hydrogens (tertiary/aromatic N) is 1. The van der Waals surface area contributed by atoms with E-state index in [9.17, 15) is 0 Å². The van der Waals surface area contributed by atoms with Crippen LogP contribution in [0.15, 0.2) is 22.7 Å². The molecule has 1 aliphatic heterocycles. The van der Waals surface area contributed by atoms with Crippen LogP contribution in [0.25, 0.3) is 0 Å². The Bertz CT molecular complexity index is 391. The number of likely N-dealkylation sites (N-methyl/N-ethyl adjacent to an activating group) is 1. The Labute approximate surface area is 117 Å². The minimum Gasteiger partial charge on any atom is -0.377 e. The van der Waals surface area contributed by atoms with Gasteiger partial charge in [0.25, 0.3) is 0 Å². The van der Waals surface area contributed by atoms with E-state index in [1.165, 1.54) is 18.4 Å². The third-order valence-corrected chi connectivity index (χ3v) is 4.07. The van der Waals surface area contributed by atoms with Crippen LogP contribution in [0.1, 0.15) is 24.0 Å². The maximum atomic E-state index is 5.66. The van der Waals surface area contributed by atoms with E-state index in [1.54, 1.807) is 0 Å². The Hall–Kier alpha value is -0.420.